The molecule has 27 heavy (non-hydrogen) atoms. The SMILES string of the molecule is CCNC(=NCC(C)(O)c1ccco1)NCCCN(C)c1ccccc1F. The number of furan rings is 1. The van der Waals surface area contributed by atoms with Crippen molar-refractivity contribution < 1.29 is 13.9 Å². The Labute approximate surface area is 160 Å². The van der Waals surface area contributed by atoms with Crippen LogP contribution in [0, 0.1) is 5.82 Å². The van der Waals surface area contributed by atoms with E-state index in [1.807, 2.05) is 24.9 Å². The first-order valence-electron chi connectivity index (χ1n) is 9.18. The van der Waals surface area contributed by atoms with Crippen molar-refractivity contribution >= 4 is 11.6 Å². The summed E-state index contributed by atoms with van der Waals surface area (Å²) in [6, 6.07) is 10.2. The van der Waals surface area contributed by atoms with E-state index < -0.39 is 5.60 Å². The highest BCUT2D eigenvalue weighted by Gasteiger charge is 2.26. The van der Waals surface area contributed by atoms with Crippen LogP contribution in [0.3, 0.4) is 0 Å². The highest BCUT2D eigenvalue weighted by atomic mass is 19.1. The molecule has 0 bridgehead atoms. The number of nitrogens with one attached hydrogen (secondary N) is 2. The van der Waals surface area contributed by atoms with Crippen molar-refractivity contribution in [1.82, 2.24) is 10.6 Å². The van der Waals surface area contributed by atoms with Gasteiger partial charge in [0.05, 0.1) is 18.5 Å². The van der Waals surface area contributed by atoms with E-state index in [-0.39, 0.29) is 12.4 Å². The Morgan fingerprint density at radius 1 is 1.26 bits per heavy atom. The van der Waals surface area contributed by atoms with E-state index in [0.717, 1.165) is 6.42 Å². The maximum absolute atomic E-state index is 13.8. The van der Waals surface area contributed by atoms with Crippen LogP contribution in [0.25, 0.3) is 0 Å². The van der Waals surface area contributed by atoms with Crippen LogP contribution in [-0.4, -0.2) is 44.3 Å². The number of benzene rings is 1. The summed E-state index contributed by atoms with van der Waals surface area (Å²) in [5, 5.41) is 16.9. The van der Waals surface area contributed by atoms with E-state index in [1.54, 1.807) is 31.2 Å². The van der Waals surface area contributed by atoms with Crippen LogP contribution in [0.5, 0.6) is 0 Å². The molecule has 1 atom stereocenters. The zero-order valence-corrected chi connectivity index (χ0v) is 16.2. The van der Waals surface area contributed by atoms with Crippen LogP contribution < -0.4 is 15.5 Å². The summed E-state index contributed by atoms with van der Waals surface area (Å²) in [5.41, 5.74) is -0.579. The maximum atomic E-state index is 13.8. The molecule has 0 aliphatic carbocycles. The quantitative estimate of drug-likeness (QED) is 0.357. The van der Waals surface area contributed by atoms with Gasteiger partial charge in [0.25, 0.3) is 0 Å². The van der Waals surface area contributed by atoms with Gasteiger partial charge < -0.3 is 25.1 Å². The molecule has 2 rings (SSSR count). The van der Waals surface area contributed by atoms with Crippen LogP contribution in [-0.2, 0) is 5.60 Å². The van der Waals surface area contributed by atoms with E-state index in [2.05, 4.69) is 15.6 Å². The summed E-state index contributed by atoms with van der Waals surface area (Å²) >= 11 is 0. The topological polar surface area (TPSA) is 73.0 Å². The molecular weight excluding hydrogens is 347 g/mol. The average Bonchev–Trinajstić information content (AvgIpc) is 3.19. The number of aliphatic imine (C=N–C) groups is 1. The van der Waals surface area contributed by atoms with Gasteiger partial charge in [-0.2, -0.15) is 0 Å². The third-order valence-corrected chi connectivity index (χ3v) is 4.17. The summed E-state index contributed by atoms with van der Waals surface area (Å²) in [6.45, 7) is 5.91. The van der Waals surface area contributed by atoms with Gasteiger partial charge in [0.15, 0.2) is 5.96 Å². The van der Waals surface area contributed by atoms with Crippen LogP contribution in [0.4, 0.5) is 10.1 Å². The lowest BCUT2D eigenvalue weighted by molar-refractivity contribution is 0.0437. The fourth-order valence-electron chi connectivity index (χ4n) is 2.64. The third-order valence-electron chi connectivity index (χ3n) is 4.17. The molecule has 3 N–H and O–H groups in total. The molecule has 0 amide bonds. The van der Waals surface area contributed by atoms with Crippen molar-refractivity contribution in [3.63, 3.8) is 0 Å². The van der Waals surface area contributed by atoms with Gasteiger partial charge in [-0.1, -0.05) is 12.1 Å². The Kier molecular flexibility index (Phi) is 7.67. The minimum absolute atomic E-state index is 0.172. The second kappa shape index (κ2) is 9.97. The third kappa shape index (κ3) is 6.29. The van der Waals surface area contributed by atoms with Gasteiger partial charge in [-0.25, -0.2) is 9.38 Å². The minimum Gasteiger partial charge on any atom is -0.466 e. The zero-order chi connectivity index (χ0) is 19.7. The first-order chi connectivity index (χ1) is 12.9. The largest absolute Gasteiger partial charge is 0.466 e. The Morgan fingerprint density at radius 3 is 2.70 bits per heavy atom. The molecule has 0 aliphatic heterocycles. The fraction of sp³-hybridized carbons (Fsp3) is 0.450. The summed E-state index contributed by atoms with van der Waals surface area (Å²) < 4.78 is 19.1. The number of halogens is 1. The second-order valence-electron chi connectivity index (χ2n) is 6.60. The summed E-state index contributed by atoms with van der Waals surface area (Å²) in [7, 11) is 1.87. The normalized spacial score (nSPS) is 13.9. The van der Waals surface area contributed by atoms with Gasteiger partial charge in [0.1, 0.15) is 17.2 Å². The standard InChI is InChI=1S/C20H29FN4O2/c1-4-22-19(24-15-20(2,26)18-11-7-14-27-18)23-12-8-13-25(3)17-10-6-5-9-16(17)21/h5-7,9-11,14,26H,4,8,12-13,15H2,1-3H3,(H2,22,23,24). The first kappa shape index (κ1) is 20.8. The number of para-hydroxylation sites is 1. The molecule has 0 fully saturated rings. The molecule has 0 aliphatic rings. The second-order valence-corrected chi connectivity index (χ2v) is 6.60. The van der Waals surface area contributed by atoms with Gasteiger partial charge >= 0.3 is 0 Å². The van der Waals surface area contributed by atoms with E-state index in [4.69, 9.17) is 4.42 Å². The van der Waals surface area contributed by atoms with Crippen LogP contribution >= 0.6 is 0 Å². The molecule has 1 unspecified atom stereocenters. The summed E-state index contributed by atoms with van der Waals surface area (Å²) in [4.78, 5) is 6.33. The number of guanidine groups is 1. The van der Waals surface area contributed by atoms with Crippen molar-refractivity contribution in [2.75, 3.05) is 38.1 Å². The number of aliphatic hydroxyl groups is 1. The highest BCUT2D eigenvalue weighted by molar-refractivity contribution is 5.79. The molecular formula is C20H29FN4O2. The highest BCUT2D eigenvalue weighted by Crippen LogP contribution is 2.21. The molecule has 0 spiro atoms. The average molecular weight is 376 g/mol. The molecule has 1 aromatic heterocycles. The molecule has 6 nitrogen and oxygen atoms in total. The van der Waals surface area contributed by atoms with Crippen LogP contribution in [0.2, 0.25) is 0 Å². The first-order valence-corrected chi connectivity index (χ1v) is 9.18. The van der Waals surface area contributed by atoms with E-state index in [1.165, 1.54) is 12.3 Å². The van der Waals surface area contributed by atoms with Gasteiger partial charge in [-0.05, 0) is 44.5 Å². The predicted molar refractivity (Wildman–Crippen MR) is 107 cm³/mol. The van der Waals surface area contributed by atoms with Gasteiger partial charge in [0.2, 0.25) is 0 Å². The smallest absolute Gasteiger partial charge is 0.191 e. The van der Waals surface area contributed by atoms with E-state index >= 15 is 0 Å². The van der Waals surface area contributed by atoms with Crippen molar-refractivity contribution in [1.29, 1.82) is 0 Å². The lowest BCUT2D eigenvalue weighted by Gasteiger charge is -2.21. The molecule has 1 heterocycles. The van der Waals surface area contributed by atoms with Gasteiger partial charge in [0, 0.05) is 26.7 Å². The summed E-state index contributed by atoms with van der Waals surface area (Å²) in [5.74, 6) is 0.884. The van der Waals surface area contributed by atoms with Crippen molar-refractivity contribution in [3.8, 4) is 0 Å². The van der Waals surface area contributed by atoms with E-state index in [9.17, 15) is 9.50 Å². The predicted octanol–water partition coefficient (Wildman–Crippen LogP) is 2.71. The molecule has 0 saturated heterocycles. The van der Waals surface area contributed by atoms with Crippen LogP contribution in [0.1, 0.15) is 26.0 Å². The van der Waals surface area contributed by atoms with Gasteiger partial charge in [-0.15, -0.1) is 0 Å². The molecule has 0 radical (unpaired) electrons. The van der Waals surface area contributed by atoms with E-state index in [0.29, 0.717) is 37.0 Å². The number of nitrogens with zero attached hydrogens (tertiary/aromatic N) is 2. The molecule has 7 heteroatoms. The van der Waals surface area contributed by atoms with Crippen molar-refractivity contribution in [3.05, 3.63) is 54.2 Å². The van der Waals surface area contributed by atoms with Crippen molar-refractivity contribution in [2.24, 2.45) is 4.99 Å². The molecule has 0 saturated carbocycles. The summed E-state index contributed by atoms with van der Waals surface area (Å²) in [6.07, 6.45) is 2.34. The number of rotatable bonds is 9. The lowest BCUT2D eigenvalue weighted by Crippen LogP contribution is -2.40. The Balaban J connectivity index is 1.83. The molecule has 148 valence electrons. The maximum Gasteiger partial charge on any atom is 0.191 e. The fourth-order valence-corrected chi connectivity index (χ4v) is 2.64. The zero-order valence-electron chi connectivity index (χ0n) is 16.2. The number of anilines is 1. The Morgan fingerprint density at radius 2 is 2.04 bits per heavy atom. The number of hydrogen-bond acceptors (Lipinski definition) is 4. The van der Waals surface area contributed by atoms with Crippen LogP contribution in [0.15, 0.2) is 52.1 Å². The van der Waals surface area contributed by atoms with Crippen molar-refractivity contribution in [2.45, 2.75) is 25.9 Å². The Hall–Kier alpha value is -2.54. The minimum atomic E-state index is -1.17. The Bertz CT molecular complexity index is 717. The number of hydrogen-bond donors (Lipinski definition) is 3. The molecule has 1 aromatic carbocycles. The molecule has 2 aromatic rings. The van der Waals surface area contributed by atoms with Gasteiger partial charge in [-0.3, -0.25) is 0 Å². The monoisotopic (exact) mass is 376 g/mol. The lowest BCUT2D eigenvalue weighted by atomic mass is 10.0.